The number of nitrogens with zero attached hydrogens (tertiary/aromatic N) is 2. The van der Waals surface area contributed by atoms with E-state index in [1.54, 1.807) is 20.4 Å². The van der Waals surface area contributed by atoms with Crippen LogP contribution in [0.3, 0.4) is 0 Å². The summed E-state index contributed by atoms with van der Waals surface area (Å²) in [7, 11) is 3.20. The first-order chi connectivity index (χ1) is 14.6. The third kappa shape index (κ3) is 3.59. The summed E-state index contributed by atoms with van der Waals surface area (Å²) in [6, 6.07) is 18.6. The van der Waals surface area contributed by atoms with Crippen LogP contribution in [-0.4, -0.2) is 29.3 Å². The van der Waals surface area contributed by atoms with Crippen molar-refractivity contribution in [2.75, 3.05) is 19.5 Å². The molecular formula is C24H23N3O3. The van der Waals surface area contributed by atoms with E-state index in [1.807, 2.05) is 67.6 Å². The minimum atomic E-state index is -0.448. The maximum atomic E-state index is 11.2. The van der Waals surface area contributed by atoms with Gasteiger partial charge in [0.1, 0.15) is 17.1 Å². The van der Waals surface area contributed by atoms with Crippen LogP contribution in [0.1, 0.15) is 22.9 Å². The van der Waals surface area contributed by atoms with Gasteiger partial charge in [-0.05, 0) is 31.2 Å². The smallest absolute Gasteiger partial charge is 0.166 e. The standard InChI is InChI=1S/C24H23N3O3/c1-15-10-11-16-12-13-17(23(28)21(16)26-15)22(27-20-9-4-5-14-25-20)18-7-6-8-19(29-2)24(18)30-3/h4-14,22,28H,1-3H3,(H,25,27). The molecule has 1 atom stereocenters. The van der Waals surface area contributed by atoms with Crippen LogP contribution >= 0.6 is 0 Å². The Kier molecular flexibility index (Phi) is 5.39. The third-order valence-electron chi connectivity index (χ3n) is 5.02. The van der Waals surface area contributed by atoms with Crippen molar-refractivity contribution in [3.05, 3.63) is 83.7 Å². The summed E-state index contributed by atoms with van der Waals surface area (Å²) in [6.45, 7) is 1.90. The molecular weight excluding hydrogens is 378 g/mol. The summed E-state index contributed by atoms with van der Waals surface area (Å²) in [5.74, 6) is 1.99. The van der Waals surface area contributed by atoms with E-state index in [4.69, 9.17) is 9.47 Å². The van der Waals surface area contributed by atoms with E-state index in [-0.39, 0.29) is 5.75 Å². The van der Waals surface area contributed by atoms with Crippen molar-refractivity contribution in [2.45, 2.75) is 13.0 Å². The Balaban J connectivity index is 1.93. The molecule has 2 aromatic heterocycles. The second-order valence-corrected chi connectivity index (χ2v) is 6.90. The minimum absolute atomic E-state index is 0.120. The zero-order valence-corrected chi connectivity index (χ0v) is 17.1. The molecule has 2 N–H and O–H groups in total. The largest absolute Gasteiger partial charge is 0.505 e. The Hall–Kier alpha value is -3.80. The summed E-state index contributed by atoms with van der Waals surface area (Å²) >= 11 is 0. The van der Waals surface area contributed by atoms with Gasteiger partial charge in [0, 0.05) is 28.4 Å². The highest BCUT2D eigenvalue weighted by Gasteiger charge is 2.25. The van der Waals surface area contributed by atoms with Crippen LogP contribution in [0.15, 0.2) is 66.9 Å². The van der Waals surface area contributed by atoms with Crippen molar-refractivity contribution in [1.82, 2.24) is 9.97 Å². The molecule has 0 amide bonds. The van der Waals surface area contributed by atoms with Crippen LogP contribution < -0.4 is 14.8 Å². The number of aryl methyl sites for hydroxylation is 1. The molecule has 2 heterocycles. The van der Waals surface area contributed by atoms with Crippen LogP contribution in [0.5, 0.6) is 17.2 Å². The quantitative estimate of drug-likeness (QED) is 0.480. The molecule has 152 valence electrons. The lowest BCUT2D eigenvalue weighted by Crippen LogP contribution is -2.15. The number of hydrogen-bond acceptors (Lipinski definition) is 6. The summed E-state index contributed by atoms with van der Waals surface area (Å²) in [6.07, 6.45) is 1.72. The van der Waals surface area contributed by atoms with Crippen LogP contribution in [0.4, 0.5) is 5.82 Å². The molecule has 4 aromatic rings. The van der Waals surface area contributed by atoms with Crippen LogP contribution in [0, 0.1) is 6.92 Å². The predicted octanol–water partition coefficient (Wildman–Crippen LogP) is 4.86. The monoisotopic (exact) mass is 401 g/mol. The minimum Gasteiger partial charge on any atom is -0.505 e. The third-order valence-corrected chi connectivity index (χ3v) is 5.02. The maximum absolute atomic E-state index is 11.2. The number of hydrogen-bond donors (Lipinski definition) is 2. The molecule has 0 fully saturated rings. The van der Waals surface area contributed by atoms with Gasteiger partial charge in [-0.3, -0.25) is 0 Å². The highest BCUT2D eigenvalue weighted by atomic mass is 16.5. The average Bonchev–Trinajstić information content (AvgIpc) is 2.78. The number of methoxy groups -OCH3 is 2. The molecule has 4 rings (SSSR count). The zero-order valence-electron chi connectivity index (χ0n) is 17.1. The van der Waals surface area contributed by atoms with Gasteiger partial charge in [-0.25, -0.2) is 9.97 Å². The maximum Gasteiger partial charge on any atom is 0.166 e. The van der Waals surface area contributed by atoms with Crippen molar-refractivity contribution >= 4 is 16.7 Å². The highest BCUT2D eigenvalue weighted by Crippen LogP contribution is 2.42. The first-order valence-electron chi connectivity index (χ1n) is 9.60. The van der Waals surface area contributed by atoms with Crippen molar-refractivity contribution in [3.8, 4) is 17.2 Å². The number of aromatic hydroxyl groups is 1. The molecule has 1 unspecified atom stereocenters. The van der Waals surface area contributed by atoms with E-state index in [2.05, 4.69) is 15.3 Å². The van der Waals surface area contributed by atoms with Gasteiger partial charge in [0.15, 0.2) is 11.5 Å². The number of pyridine rings is 2. The summed E-state index contributed by atoms with van der Waals surface area (Å²) in [4.78, 5) is 8.94. The average molecular weight is 401 g/mol. The number of fused-ring (bicyclic) bond motifs is 1. The Morgan fingerprint density at radius 1 is 0.900 bits per heavy atom. The van der Waals surface area contributed by atoms with Crippen molar-refractivity contribution in [3.63, 3.8) is 0 Å². The Morgan fingerprint density at radius 2 is 1.73 bits per heavy atom. The topological polar surface area (TPSA) is 76.5 Å². The first kappa shape index (κ1) is 19.5. The number of rotatable bonds is 6. The van der Waals surface area contributed by atoms with Crippen molar-refractivity contribution in [1.29, 1.82) is 0 Å². The number of aromatic nitrogens is 2. The molecule has 2 aromatic carbocycles. The number of benzene rings is 2. The van der Waals surface area contributed by atoms with Gasteiger partial charge in [-0.15, -0.1) is 0 Å². The SMILES string of the molecule is COc1cccc(C(Nc2ccccn2)c2ccc3ccc(C)nc3c2O)c1OC. The van der Waals surface area contributed by atoms with E-state index in [0.29, 0.717) is 28.4 Å². The van der Waals surface area contributed by atoms with E-state index in [1.165, 1.54) is 0 Å². The molecule has 0 bridgehead atoms. The number of nitrogens with one attached hydrogen (secondary N) is 1. The molecule has 0 aliphatic rings. The summed E-state index contributed by atoms with van der Waals surface area (Å²) < 4.78 is 11.2. The fourth-order valence-electron chi connectivity index (χ4n) is 3.58. The molecule has 0 saturated heterocycles. The molecule has 0 spiro atoms. The van der Waals surface area contributed by atoms with Crippen molar-refractivity contribution < 1.29 is 14.6 Å². The lowest BCUT2D eigenvalue weighted by Gasteiger charge is -2.24. The molecule has 0 radical (unpaired) electrons. The second-order valence-electron chi connectivity index (χ2n) is 6.90. The highest BCUT2D eigenvalue weighted by molar-refractivity contribution is 5.86. The normalized spacial score (nSPS) is 11.8. The second kappa shape index (κ2) is 8.29. The molecule has 30 heavy (non-hydrogen) atoms. The lowest BCUT2D eigenvalue weighted by molar-refractivity contribution is 0.351. The Morgan fingerprint density at radius 3 is 2.47 bits per heavy atom. The molecule has 6 heteroatoms. The number of phenolic OH excluding ortho intramolecular Hbond substituents is 1. The van der Waals surface area contributed by atoms with Gasteiger partial charge in [0.25, 0.3) is 0 Å². The van der Waals surface area contributed by atoms with Crippen LogP contribution in [0.2, 0.25) is 0 Å². The number of para-hydroxylation sites is 1. The first-order valence-corrected chi connectivity index (χ1v) is 9.60. The van der Waals surface area contributed by atoms with Gasteiger partial charge in [-0.1, -0.05) is 36.4 Å². The van der Waals surface area contributed by atoms with Crippen molar-refractivity contribution in [2.24, 2.45) is 0 Å². The van der Waals surface area contributed by atoms with Gasteiger partial charge >= 0.3 is 0 Å². The van der Waals surface area contributed by atoms with Gasteiger partial charge in [-0.2, -0.15) is 0 Å². The predicted molar refractivity (Wildman–Crippen MR) is 117 cm³/mol. The van der Waals surface area contributed by atoms with Gasteiger partial charge < -0.3 is 19.9 Å². The molecule has 6 nitrogen and oxygen atoms in total. The Bertz CT molecular complexity index is 1180. The number of phenols is 1. The fourth-order valence-corrected chi connectivity index (χ4v) is 3.58. The fraction of sp³-hybridized carbons (Fsp3) is 0.167. The number of ether oxygens (including phenoxy) is 2. The molecule has 0 saturated carbocycles. The zero-order chi connectivity index (χ0) is 21.1. The van der Waals surface area contributed by atoms with E-state index in [9.17, 15) is 5.11 Å². The lowest BCUT2D eigenvalue weighted by atomic mass is 9.95. The molecule has 0 aliphatic carbocycles. The molecule has 0 aliphatic heterocycles. The van der Waals surface area contributed by atoms with E-state index < -0.39 is 6.04 Å². The number of anilines is 1. The van der Waals surface area contributed by atoms with Gasteiger partial charge in [0.2, 0.25) is 0 Å². The Labute approximate surface area is 175 Å². The van der Waals surface area contributed by atoms with Crippen LogP contribution in [0.25, 0.3) is 10.9 Å². The van der Waals surface area contributed by atoms with Gasteiger partial charge in [0.05, 0.1) is 20.3 Å². The summed E-state index contributed by atoms with van der Waals surface area (Å²) in [5.41, 5.74) is 2.87. The van der Waals surface area contributed by atoms with Crippen LogP contribution in [-0.2, 0) is 0 Å². The van der Waals surface area contributed by atoms with E-state index >= 15 is 0 Å². The van der Waals surface area contributed by atoms with E-state index in [0.717, 1.165) is 16.6 Å². The summed E-state index contributed by atoms with van der Waals surface area (Å²) in [5, 5.41) is 15.5.